The van der Waals surface area contributed by atoms with Crippen LogP contribution in [0.2, 0.25) is 10.2 Å². The first-order valence-electron chi connectivity index (χ1n) is 12.3. The van der Waals surface area contributed by atoms with Crippen molar-refractivity contribution in [2.45, 2.75) is 11.7 Å². The van der Waals surface area contributed by atoms with E-state index >= 15 is 0 Å². The number of hydrogen-bond acceptors (Lipinski definition) is 7. The predicted octanol–water partition coefficient (Wildman–Crippen LogP) is 4.79. The van der Waals surface area contributed by atoms with Gasteiger partial charge in [0.25, 0.3) is 0 Å². The maximum Gasteiger partial charge on any atom is 0.233 e. The zero-order valence-corrected chi connectivity index (χ0v) is 23.5. The van der Waals surface area contributed by atoms with Crippen LogP contribution in [-0.4, -0.2) is 84.8 Å². The van der Waals surface area contributed by atoms with Gasteiger partial charge in [-0.05, 0) is 37.9 Å². The molecule has 0 radical (unpaired) electrons. The first kappa shape index (κ1) is 27.5. The van der Waals surface area contributed by atoms with Crippen LogP contribution < -0.4 is 9.80 Å². The minimum atomic E-state index is 0.0784. The fourth-order valence-electron chi connectivity index (χ4n) is 4.12. The monoisotopic (exact) mass is 558 g/mol. The van der Waals surface area contributed by atoms with E-state index in [4.69, 9.17) is 28.2 Å². The molecule has 1 aliphatic rings. The number of halogens is 2. The fourth-order valence-corrected chi connectivity index (χ4v) is 5.28. The summed E-state index contributed by atoms with van der Waals surface area (Å²) < 4.78 is 0. The Morgan fingerprint density at radius 2 is 1.70 bits per heavy atom. The van der Waals surface area contributed by atoms with Gasteiger partial charge < -0.3 is 19.6 Å². The Labute approximate surface area is 233 Å². The minimum Gasteiger partial charge on any atom is -0.368 e. The van der Waals surface area contributed by atoms with Crippen molar-refractivity contribution >= 4 is 52.4 Å². The van der Waals surface area contributed by atoms with Gasteiger partial charge >= 0.3 is 0 Å². The van der Waals surface area contributed by atoms with E-state index in [-0.39, 0.29) is 11.7 Å². The molecular formula is C27H32Cl2N6OS. The third kappa shape index (κ3) is 8.23. The number of carbonyl (C=O) groups is 1. The van der Waals surface area contributed by atoms with E-state index in [2.05, 4.69) is 45.9 Å². The topological polar surface area (TPSA) is 55.8 Å². The molecule has 7 nitrogen and oxygen atoms in total. The SMILES string of the molecule is CN(C)CCN(Cc1ccccc1)c1cc(Cl)nc(SCC(=O)N2CCN(c3cccc(Cl)c3)CC2)n1. The van der Waals surface area contributed by atoms with Crippen molar-refractivity contribution in [3.63, 3.8) is 0 Å². The molecule has 37 heavy (non-hydrogen) atoms. The molecule has 1 fully saturated rings. The maximum absolute atomic E-state index is 13.0. The molecule has 1 aliphatic heterocycles. The Balaban J connectivity index is 1.37. The average molecular weight is 560 g/mol. The Morgan fingerprint density at radius 3 is 2.41 bits per heavy atom. The number of aromatic nitrogens is 2. The summed E-state index contributed by atoms with van der Waals surface area (Å²) in [6, 6.07) is 19.9. The predicted molar refractivity (Wildman–Crippen MR) is 154 cm³/mol. The van der Waals surface area contributed by atoms with Gasteiger partial charge in [-0.2, -0.15) is 0 Å². The zero-order valence-electron chi connectivity index (χ0n) is 21.2. The molecule has 4 rings (SSSR count). The van der Waals surface area contributed by atoms with Crippen molar-refractivity contribution in [3.05, 3.63) is 76.4 Å². The van der Waals surface area contributed by atoms with Crippen LogP contribution in [0.15, 0.2) is 65.8 Å². The number of rotatable bonds is 10. The summed E-state index contributed by atoms with van der Waals surface area (Å²) in [5, 5.41) is 1.60. The van der Waals surface area contributed by atoms with Gasteiger partial charge in [0.15, 0.2) is 5.16 Å². The number of likely N-dealkylation sites (N-methyl/N-ethyl adjacent to an activating group) is 1. The summed E-state index contributed by atoms with van der Waals surface area (Å²) >= 11 is 13.9. The number of benzene rings is 2. The molecule has 0 atom stereocenters. The Kier molecular flexibility index (Phi) is 9.91. The maximum atomic E-state index is 13.0. The number of amides is 1. The highest BCUT2D eigenvalue weighted by atomic mass is 35.5. The molecule has 1 saturated heterocycles. The van der Waals surface area contributed by atoms with Gasteiger partial charge in [-0.1, -0.05) is 71.4 Å². The highest BCUT2D eigenvalue weighted by Gasteiger charge is 2.22. The quantitative estimate of drug-likeness (QED) is 0.201. The van der Waals surface area contributed by atoms with Gasteiger partial charge in [-0.25, -0.2) is 9.97 Å². The number of carbonyl (C=O) groups excluding carboxylic acids is 1. The molecule has 10 heteroatoms. The summed E-state index contributed by atoms with van der Waals surface area (Å²) in [5.41, 5.74) is 2.28. The first-order chi connectivity index (χ1) is 17.9. The molecule has 0 saturated carbocycles. The Bertz CT molecular complexity index is 1170. The molecule has 0 aliphatic carbocycles. The number of anilines is 2. The van der Waals surface area contributed by atoms with Gasteiger partial charge in [0, 0.05) is 62.6 Å². The van der Waals surface area contributed by atoms with E-state index in [1.54, 1.807) is 6.07 Å². The van der Waals surface area contributed by atoms with Crippen LogP contribution in [-0.2, 0) is 11.3 Å². The Morgan fingerprint density at radius 1 is 0.946 bits per heavy atom. The van der Waals surface area contributed by atoms with Crippen LogP contribution >= 0.6 is 35.0 Å². The second-order valence-electron chi connectivity index (χ2n) is 9.18. The van der Waals surface area contributed by atoms with Crippen molar-refractivity contribution < 1.29 is 4.79 Å². The molecule has 0 bridgehead atoms. The van der Waals surface area contributed by atoms with Crippen LogP contribution in [0.4, 0.5) is 11.5 Å². The van der Waals surface area contributed by atoms with E-state index < -0.39 is 0 Å². The van der Waals surface area contributed by atoms with Gasteiger partial charge in [0.05, 0.1) is 5.75 Å². The van der Waals surface area contributed by atoms with Crippen molar-refractivity contribution in [1.29, 1.82) is 0 Å². The van der Waals surface area contributed by atoms with Gasteiger partial charge in [-0.15, -0.1) is 0 Å². The van der Waals surface area contributed by atoms with Crippen LogP contribution in [0.25, 0.3) is 0 Å². The normalized spacial score (nSPS) is 13.8. The number of hydrogen-bond donors (Lipinski definition) is 0. The van der Waals surface area contributed by atoms with Crippen LogP contribution in [0, 0.1) is 0 Å². The van der Waals surface area contributed by atoms with Gasteiger partial charge in [0.2, 0.25) is 5.91 Å². The van der Waals surface area contributed by atoms with Crippen molar-refractivity contribution in [2.75, 3.05) is 68.9 Å². The van der Waals surface area contributed by atoms with E-state index in [0.717, 1.165) is 42.7 Å². The highest BCUT2D eigenvalue weighted by Crippen LogP contribution is 2.25. The second kappa shape index (κ2) is 13.3. The molecule has 0 spiro atoms. The summed E-state index contributed by atoms with van der Waals surface area (Å²) in [4.78, 5) is 30.6. The summed E-state index contributed by atoms with van der Waals surface area (Å²) in [6.07, 6.45) is 0. The Hall–Kier alpha value is -2.52. The summed E-state index contributed by atoms with van der Waals surface area (Å²) in [5.74, 6) is 1.11. The van der Waals surface area contributed by atoms with E-state index in [9.17, 15) is 4.79 Å². The van der Waals surface area contributed by atoms with Crippen LogP contribution in [0.3, 0.4) is 0 Å². The van der Waals surface area contributed by atoms with Gasteiger partial charge in [0.1, 0.15) is 11.0 Å². The lowest BCUT2D eigenvalue weighted by atomic mass is 10.2. The van der Waals surface area contributed by atoms with E-state index in [1.165, 1.54) is 17.3 Å². The molecular weight excluding hydrogens is 527 g/mol. The van der Waals surface area contributed by atoms with E-state index in [1.807, 2.05) is 47.4 Å². The number of nitrogens with zero attached hydrogens (tertiary/aromatic N) is 6. The second-order valence-corrected chi connectivity index (χ2v) is 10.9. The molecule has 1 amide bonds. The zero-order chi connectivity index (χ0) is 26.2. The van der Waals surface area contributed by atoms with Gasteiger partial charge in [-0.3, -0.25) is 4.79 Å². The largest absolute Gasteiger partial charge is 0.368 e. The third-order valence-corrected chi connectivity index (χ3v) is 7.41. The molecule has 2 aromatic carbocycles. The standard InChI is InChI=1S/C27H32Cl2N6OS/c1-32(2)11-12-35(19-21-7-4-3-5-8-21)25-18-24(29)30-27(31-25)37-20-26(36)34-15-13-33(14-16-34)23-10-6-9-22(28)17-23/h3-10,17-18H,11-16,19-20H2,1-2H3. The van der Waals surface area contributed by atoms with E-state index in [0.29, 0.717) is 29.9 Å². The van der Waals surface area contributed by atoms with Crippen LogP contribution in [0.1, 0.15) is 5.56 Å². The smallest absolute Gasteiger partial charge is 0.233 e. The average Bonchev–Trinajstić information content (AvgIpc) is 2.90. The highest BCUT2D eigenvalue weighted by molar-refractivity contribution is 7.99. The lowest BCUT2D eigenvalue weighted by Gasteiger charge is -2.36. The fraction of sp³-hybridized carbons (Fsp3) is 0.370. The summed E-state index contributed by atoms with van der Waals surface area (Å²) in [7, 11) is 4.10. The van der Waals surface area contributed by atoms with Crippen molar-refractivity contribution in [2.24, 2.45) is 0 Å². The van der Waals surface area contributed by atoms with Crippen LogP contribution in [0.5, 0.6) is 0 Å². The molecule has 0 unspecified atom stereocenters. The lowest BCUT2D eigenvalue weighted by molar-refractivity contribution is -0.128. The van der Waals surface area contributed by atoms with Crippen molar-refractivity contribution in [3.8, 4) is 0 Å². The molecule has 3 aromatic rings. The minimum absolute atomic E-state index is 0.0784. The molecule has 2 heterocycles. The van der Waals surface area contributed by atoms with Crippen molar-refractivity contribution in [1.82, 2.24) is 19.8 Å². The number of piperazine rings is 1. The lowest BCUT2D eigenvalue weighted by Crippen LogP contribution is -2.49. The molecule has 196 valence electrons. The number of thioether (sulfide) groups is 1. The third-order valence-electron chi connectivity index (χ3n) is 6.15. The molecule has 0 N–H and O–H groups in total. The first-order valence-corrected chi connectivity index (χ1v) is 14.0. The molecule has 1 aromatic heterocycles. The summed E-state index contributed by atoms with van der Waals surface area (Å²) in [6.45, 7) is 5.25.